The van der Waals surface area contributed by atoms with E-state index in [0.29, 0.717) is 5.56 Å². The molecule has 0 heterocycles. The molecule has 0 spiro atoms. The zero-order valence-corrected chi connectivity index (χ0v) is 11.9. The number of nitrogens with one attached hydrogen (secondary N) is 1. The number of hydrogen-bond donors (Lipinski definition) is 2. The molecule has 0 saturated carbocycles. The van der Waals surface area contributed by atoms with Gasteiger partial charge in [0, 0.05) is 19.2 Å². The fourth-order valence-electron chi connectivity index (χ4n) is 1.87. The van der Waals surface area contributed by atoms with Crippen molar-refractivity contribution in [2.45, 2.75) is 26.7 Å². The summed E-state index contributed by atoms with van der Waals surface area (Å²) in [6.45, 7) is 5.24. The van der Waals surface area contributed by atoms with Crippen molar-refractivity contribution in [3.63, 3.8) is 0 Å². The van der Waals surface area contributed by atoms with E-state index in [1.165, 1.54) is 0 Å². The molecule has 0 radical (unpaired) electrons. The molecule has 1 aromatic carbocycles. The first-order chi connectivity index (χ1) is 9.02. The van der Waals surface area contributed by atoms with Crippen LogP contribution in [0.25, 0.3) is 0 Å². The van der Waals surface area contributed by atoms with Crippen LogP contribution in [0.3, 0.4) is 0 Å². The molecule has 0 aliphatic rings. The molecule has 1 rings (SSSR count). The van der Waals surface area contributed by atoms with Crippen LogP contribution in [0.5, 0.6) is 5.75 Å². The summed E-state index contributed by atoms with van der Waals surface area (Å²) in [6, 6.07) is 7.53. The summed E-state index contributed by atoms with van der Waals surface area (Å²) in [5, 5.41) is 21.3. The molecule has 0 saturated heterocycles. The fraction of sp³-hybridized carbons (Fsp3) is 0.533. The summed E-state index contributed by atoms with van der Waals surface area (Å²) in [4.78, 5) is 0. The number of rotatable bonds is 7. The lowest BCUT2D eigenvalue weighted by Crippen LogP contribution is -2.23. The van der Waals surface area contributed by atoms with Gasteiger partial charge in [0.2, 0.25) is 0 Å². The van der Waals surface area contributed by atoms with Crippen LogP contribution in [0.15, 0.2) is 18.2 Å². The molecular formula is C15H22N2O2. The highest BCUT2D eigenvalue weighted by Gasteiger charge is 2.17. The Labute approximate surface area is 115 Å². The van der Waals surface area contributed by atoms with E-state index < -0.39 is 0 Å². The highest BCUT2D eigenvalue weighted by Crippen LogP contribution is 2.26. The average Bonchev–Trinajstić information content (AvgIpc) is 2.42. The number of aliphatic hydroxyl groups is 1. The number of methoxy groups -OCH3 is 1. The molecule has 0 bridgehead atoms. The fourth-order valence-corrected chi connectivity index (χ4v) is 1.87. The van der Waals surface area contributed by atoms with Crippen molar-refractivity contribution in [1.82, 2.24) is 0 Å². The van der Waals surface area contributed by atoms with Crippen molar-refractivity contribution in [3.8, 4) is 11.8 Å². The highest BCUT2D eigenvalue weighted by atomic mass is 16.5. The minimum absolute atomic E-state index is 0.0680. The van der Waals surface area contributed by atoms with E-state index in [1.807, 2.05) is 6.07 Å². The zero-order chi connectivity index (χ0) is 14.3. The maximum Gasteiger partial charge on any atom is 0.121 e. The first kappa shape index (κ1) is 15.3. The molecule has 104 valence electrons. The van der Waals surface area contributed by atoms with E-state index in [-0.39, 0.29) is 12.0 Å². The molecule has 4 heteroatoms. The molecule has 19 heavy (non-hydrogen) atoms. The van der Waals surface area contributed by atoms with Crippen molar-refractivity contribution in [2.75, 3.05) is 25.6 Å². The van der Waals surface area contributed by atoms with Crippen LogP contribution in [0, 0.1) is 16.7 Å². The number of anilines is 1. The smallest absolute Gasteiger partial charge is 0.121 e. The van der Waals surface area contributed by atoms with Crippen molar-refractivity contribution >= 4 is 5.69 Å². The first-order valence-electron chi connectivity index (χ1n) is 6.45. The summed E-state index contributed by atoms with van der Waals surface area (Å²) in [7, 11) is 1.61. The zero-order valence-electron chi connectivity index (χ0n) is 11.9. The molecule has 0 atom stereocenters. The Kier molecular flexibility index (Phi) is 5.65. The third kappa shape index (κ3) is 4.80. The molecule has 0 aliphatic carbocycles. The summed E-state index contributed by atoms with van der Waals surface area (Å²) in [6.07, 6.45) is 1.72. The van der Waals surface area contributed by atoms with Gasteiger partial charge in [0.25, 0.3) is 0 Å². The van der Waals surface area contributed by atoms with Gasteiger partial charge in [-0.2, -0.15) is 5.26 Å². The third-order valence-corrected chi connectivity index (χ3v) is 3.12. The van der Waals surface area contributed by atoms with Gasteiger partial charge in [-0.3, -0.25) is 0 Å². The standard InChI is InChI=1S/C15H22N2O2/c1-15(2,7-4-8-18)11-17-14-9-13(19-3)6-5-12(14)10-16/h5-6,9,17-18H,4,7-8,11H2,1-3H3. The predicted molar refractivity (Wildman–Crippen MR) is 76.3 cm³/mol. The molecule has 0 fully saturated rings. The second-order valence-corrected chi connectivity index (χ2v) is 5.37. The lowest BCUT2D eigenvalue weighted by molar-refractivity contribution is 0.248. The minimum Gasteiger partial charge on any atom is -0.497 e. The van der Waals surface area contributed by atoms with Gasteiger partial charge in [-0.15, -0.1) is 0 Å². The number of nitrogens with zero attached hydrogens (tertiary/aromatic N) is 1. The van der Waals surface area contributed by atoms with E-state index in [9.17, 15) is 0 Å². The van der Waals surface area contributed by atoms with E-state index in [0.717, 1.165) is 30.8 Å². The van der Waals surface area contributed by atoms with E-state index in [4.69, 9.17) is 15.1 Å². The number of ether oxygens (including phenoxy) is 1. The molecule has 0 aromatic heterocycles. The van der Waals surface area contributed by atoms with Gasteiger partial charge >= 0.3 is 0 Å². The van der Waals surface area contributed by atoms with Crippen LogP contribution >= 0.6 is 0 Å². The molecule has 0 unspecified atom stereocenters. The van der Waals surface area contributed by atoms with Crippen LogP contribution < -0.4 is 10.1 Å². The van der Waals surface area contributed by atoms with Crippen molar-refractivity contribution in [1.29, 1.82) is 5.26 Å². The van der Waals surface area contributed by atoms with Crippen LogP contribution in [0.2, 0.25) is 0 Å². The maximum atomic E-state index is 9.09. The molecule has 4 nitrogen and oxygen atoms in total. The van der Waals surface area contributed by atoms with E-state index >= 15 is 0 Å². The number of aliphatic hydroxyl groups excluding tert-OH is 1. The summed E-state index contributed by atoms with van der Waals surface area (Å²) < 4.78 is 5.17. The number of nitriles is 1. The van der Waals surface area contributed by atoms with Crippen LogP contribution in [0.4, 0.5) is 5.69 Å². The van der Waals surface area contributed by atoms with Gasteiger partial charge in [-0.1, -0.05) is 13.8 Å². The normalized spacial score (nSPS) is 10.9. The lowest BCUT2D eigenvalue weighted by atomic mass is 9.88. The average molecular weight is 262 g/mol. The molecular weight excluding hydrogens is 240 g/mol. The lowest BCUT2D eigenvalue weighted by Gasteiger charge is -2.25. The predicted octanol–water partition coefficient (Wildman–Crippen LogP) is 2.78. The van der Waals surface area contributed by atoms with Crippen LogP contribution in [-0.2, 0) is 0 Å². The van der Waals surface area contributed by atoms with Crippen molar-refractivity contribution in [2.24, 2.45) is 5.41 Å². The topological polar surface area (TPSA) is 65.3 Å². The number of hydrogen-bond acceptors (Lipinski definition) is 4. The second-order valence-electron chi connectivity index (χ2n) is 5.37. The van der Waals surface area contributed by atoms with Crippen LogP contribution in [-0.4, -0.2) is 25.4 Å². The molecule has 0 amide bonds. The highest BCUT2D eigenvalue weighted by molar-refractivity contribution is 5.60. The summed E-state index contributed by atoms with van der Waals surface area (Å²) in [5.74, 6) is 0.731. The molecule has 2 N–H and O–H groups in total. The van der Waals surface area contributed by atoms with Gasteiger partial charge in [0.15, 0.2) is 0 Å². The Morgan fingerprint density at radius 1 is 1.42 bits per heavy atom. The third-order valence-electron chi connectivity index (χ3n) is 3.12. The van der Waals surface area contributed by atoms with Gasteiger partial charge in [0.1, 0.15) is 11.8 Å². The van der Waals surface area contributed by atoms with E-state index in [2.05, 4.69) is 25.2 Å². The minimum atomic E-state index is 0.0680. The Bertz CT molecular complexity index is 450. The van der Waals surface area contributed by atoms with Crippen LogP contribution in [0.1, 0.15) is 32.3 Å². The van der Waals surface area contributed by atoms with Gasteiger partial charge in [-0.05, 0) is 30.4 Å². The monoisotopic (exact) mass is 262 g/mol. The van der Waals surface area contributed by atoms with Gasteiger partial charge < -0.3 is 15.2 Å². The Morgan fingerprint density at radius 3 is 2.74 bits per heavy atom. The SMILES string of the molecule is COc1ccc(C#N)c(NCC(C)(C)CCCO)c1. The van der Waals surface area contributed by atoms with Gasteiger partial charge in [-0.25, -0.2) is 0 Å². The second kappa shape index (κ2) is 7.01. The Balaban J connectivity index is 2.73. The molecule has 0 aliphatic heterocycles. The largest absolute Gasteiger partial charge is 0.497 e. The number of benzene rings is 1. The van der Waals surface area contributed by atoms with E-state index in [1.54, 1.807) is 19.2 Å². The van der Waals surface area contributed by atoms with Crippen molar-refractivity contribution in [3.05, 3.63) is 23.8 Å². The molecule has 1 aromatic rings. The Morgan fingerprint density at radius 2 is 2.16 bits per heavy atom. The quantitative estimate of drug-likeness (QED) is 0.793. The maximum absolute atomic E-state index is 9.09. The van der Waals surface area contributed by atoms with Crippen molar-refractivity contribution < 1.29 is 9.84 Å². The Hall–Kier alpha value is -1.73. The first-order valence-corrected chi connectivity index (χ1v) is 6.45. The summed E-state index contributed by atoms with van der Waals surface area (Å²) in [5.41, 5.74) is 1.47. The summed E-state index contributed by atoms with van der Waals surface area (Å²) >= 11 is 0. The van der Waals surface area contributed by atoms with Gasteiger partial charge in [0.05, 0.1) is 18.4 Å².